The summed E-state index contributed by atoms with van der Waals surface area (Å²) < 4.78 is 5.46. The zero-order chi connectivity index (χ0) is 13.7. The van der Waals surface area contributed by atoms with Crippen molar-refractivity contribution in [2.45, 2.75) is 33.1 Å². The lowest BCUT2D eigenvalue weighted by Crippen LogP contribution is -2.35. The normalized spacial score (nSPS) is 20.4. The van der Waals surface area contributed by atoms with Crippen LogP contribution in [-0.2, 0) is 6.42 Å². The second-order valence-electron chi connectivity index (χ2n) is 5.60. The summed E-state index contributed by atoms with van der Waals surface area (Å²) in [6.07, 6.45) is 3.79. The molecule has 1 saturated heterocycles. The highest BCUT2D eigenvalue weighted by Gasteiger charge is 2.15. The lowest BCUT2D eigenvalue weighted by Gasteiger charge is -2.30. The Morgan fingerprint density at radius 3 is 2.95 bits per heavy atom. The van der Waals surface area contributed by atoms with Gasteiger partial charge in [-0.1, -0.05) is 13.0 Å². The van der Waals surface area contributed by atoms with E-state index in [0.29, 0.717) is 6.61 Å². The van der Waals surface area contributed by atoms with Crippen molar-refractivity contribution in [1.82, 2.24) is 4.90 Å². The number of anilines is 1. The van der Waals surface area contributed by atoms with Gasteiger partial charge in [0, 0.05) is 13.1 Å². The maximum Gasteiger partial charge on any atom is 0.142 e. The fourth-order valence-corrected chi connectivity index (χ4v) is 2.82. The highest BCUT2D eigenvalue weighted by atomic mass is 16.5. The molecule has 2 rings (SSSR count). The van der Waals surface area contributed by atoms with E-state index in [2.05, 4.69) is 24.0 Å². The van der Waals surface area contributed by atoms with Gasteiger partial charge in [0.1, 0.15) is 5.75 Å². The van der Waals surface area contributed by atoms with Crippen molar-refractivity contribution in [1.29, 1.82) is 0 Å². The molecular weight excluding hydrogens is 236 g/mol. The lowest BCUT2D eigenvalue weighted by atomic mass is 10.00. The predicted molar refractivity (Wildman–Crippen MR) is 80.6 cm³/mol. The number of nitrogens with zero attached hydrogens (tertiary/aromatic N) is 1. The van der Waals surface area contributed by atoms with Crippen LogP contribution in [0, 0.1) is 5.92 Å². The van der Waals surface area contributed by atoms with Crippen molar-refractivity contribution >= 4 is 5.69 Å². The number of rotatable bonds is 5. The maximum atomic E-state index is 6.00. The van der Waals surface area contributed by atoms with Gasteiger partial charge in [-0.2, -0.15) is 0 Å². The summed E-state index contributed by atoms with van der Waals surface area (Å²) in [6, 6.07) is 6.18. The van der Waals surface area contributed by atoms with Crippen LogP contribution in [0.2, 0.25) is 0 Å². The lowest BCUT2D eigenvalue weighted by molar-refractivity contribution is 0.186. The minimum atomic E-state index is 0.662. The predicted octanol–water partition coefficient (Wildman–Crippen LogP) is 2.94. The summed E-state index contributed by atoms with van der Waals surface area (Å²) in [5, 5.41) is 0. The Kier molecular flexibility index (Phi) is 5.08. The molecule has 1 unspecified atom stereocenters. The Balaban J connectivity index is 1.87. The van der Waals surface area contributed by atoms with Crippen LogP contribution in [0.15, 0.2) is 18.2 Å². The van der Waals surface area contributed by atoms with Crippen LogP contribution >= 0.6 is 0 Å². The number of benzene rings is 1. The second-order valence-corrected chi connectivity index (χ2v) is 5.60. The van der Waals surface area contributed by atoms with E-state index < -0.39 is 0 Å². The molecule has 1 aromatic carbocycles. The molecule has 2 N–H and O–H groups in total. The molecule has 0 radical (unpaired) electrons. The van der Waals surface area contributed by atoms with Crippen LogP contribution in [-0.4, -0.2) is 31.1 Å². The first kappa shape index (κ1) is 14.2. The van der Waals surface area contributed by atoms with Crippen LogP contribution in [0.4, 0.5) is 5.69 Å². The molecule has 0 aliphatic carbocycles. The average Bonchev–Trinajstić information content (AvgIpc) is 2.39. The van der Waals surface area contributed by atoms with E-state index in [4.69, 9.17) is 10.5 Å². The van der Waals surface area contributed by atoms with E-state index in [0.717, 1.165) is 30.3 Å². The number of hydrogen-bond donors (Lipinski definition) is 1. The molecule has 0 saturated carbocycles. The minimum absolute atomic E-state index is 0.662. The van der Waals surface area contributed by atoms with E-state index in [1.807, 2.05) is 13.0 Å². The number of ether oxygens (including phenoxy) is 1. The van der Waals surface area contributed by atoms with Gasteiger partial charge in [0.05, 0.1) is 12.3 Å². The Morgan fingerprint density at radius 2 is 2.26 bits per heavy atom. The minimum Gasteiger partial charge on any atom is -0.492 e. The summed E-state index contributed by atoms with van der Waals surface area (Å²) in [4.78, 5) is 2.57. The molecule has 1 fully saturated rings. The number of likely N-dealkylation sites (tertiary alicyclic amines) is 1. The number of hydrogen-bond acceptors (Lipinski definition) is 3. The number of piperidine rings is 1. The number of nitrogen functional groups attached to an aromatic ring is 1. The third-order valence-electron chi connectivity index (χ3n) is 3.83. The third kappa shape index (κ3) is 4.13. The smallest absolute Gasteiger partial charge is 0.142 e. The van der Waals surface area contributed by atoms with Gasteiger partial charge in [0.2, 0.25) is 0 Å². The molecule has 1 aliphatic rings. The summed E-state index contributed by atoms with van der Waals surface area (Å²) in [6.45, 7) is 8.61. The molecule has 106 valence electrons. The zero-order valence-corrected chi connectivity index (χ0v) is 12.2. The molecule has 1 aromatic rings. The maximum absolute atomic E-state index is 6.00. The summed E-state index contributed by atoms with van der Waals surface area (Å²) in [5.74, 6) is 1.65. The Hall–Kier alpha value is -1.22. The molecule has 1 heterocycles. The highest BCUT2D eigenvalue weighted by molar-refractivity contribution is 5.54. The first-order valence-electron chi connectivity index (χ1n) is 7.42. The van der Waals surface area contributed by atoms with E-state index in [-0.39, 0.29) is 0 Å². The largest absolute Gasteiger partial charge is 0.492 e. The Bertz CT molecular complexity index is 406. The molecular formula is C16H26N2O. The quantitative estimate of drug-likeness (QED) is 0.829. The molecule has 3 nitrogen and oxygen atoms in total. The average molecular weight is 262 g/mol. The Labute approximate surface area is 116 Å². The van der Waals surface area contributed by atoms with Crippen molar-refractivity contribution in [3.05, 3.63) is 23.8 Å². The summed E-state index contributed by atoms with van der Waals surface area (Å²) >= 11 is 0. The van der Waals surface area contributed by atoms with Crippen LogP contribution in [0.25, 0.3) is 0 Å². The summed E-state index contributed by atoms with van der Waals surface area (Å²) in [5.41, 5.74) is 8.06. The van der Waals surface area contributed by atoms with Gasteiger partial charge in [-0.05, 0) is 56.3 Å². The molecule has 1 atom stereocenters. The van der Waals surface area contributed by atoms with E-state index in [9.17, 15) is 0 Å². The van der Waals surface area contributed by atoms with Crippen molar-refractivity contribution in [3.63, 3.8) is 0 Å². The van der Waals surface area contributed by atoms with Gasteiger partial charge in [-0.15, -0.1) is 0 Å². The van der Waals surface area contributed by atoms with Crippen molar-refractivity contribution in [3.8, 4) is 5.75 Å². The Morgan fingerprint density at radius 1 is 1.42 bits per heavy atom. The van der Waals surface area contributed by atoms with Gasteiger partial charge >= 0.3 is 0 Å². The zero-order valence-electron chi connectivity index (χ0n) is 12.2. The van der Waals surface area contributed by atoms with Crippen LogP contribution < -0.4 is 10.5 Å². The van der Waals surface area contributed by atoms with Gasteiger partial charge in [-0.25, -0.2) is 0 Å². The fourth-order valence-electron chi connectivity index (χ4n) is 2.82. The highest BCUT2D eigenvalue weighted by Crippen LogP contribution is 2.23. The number of nitrogens with two attached hydrogens (primary N) is 1. The molecule has 0 amide bonds. The van der Waals surface area contributed by atoms with E-state index in [1.54, 1.807) is 0 Å². The SMILES string of the molecule is CCOc1ccc(CCN2CCCC(C)C2)cc1N. The fraction of sp³-hybridized carbons (Fsp3) is 0.625. The van der Waals surface area contributed by atoms with Gasteiger partial charge in [0.15, 0.2) is 0 Å². The first-order chi connectivity index (χ1) is 9.19. The first-order valence-corrected chi connectivity index (χ1v) is 7.42. The van der Waals surface area contributed by atoms with Gasteiger partial charge in [-0.3, -0.25) is 0 Å². The van der Waals surface area contributed by atoms with E-state index >= 15 is 0 Å². The molecule has 3 heteroatoms. The van der Waals surface area contributed by atoms with Crippen molar-refractivity contribution in [2.75, 3.05) is 32.0 Å². The molecule has 0 spiro atoms. The molecule has 19 heavy (non-hydrogen) atoms. The third-order valence-corrected chi connectivity index (χ3v) is 3.83. The van der Waals surface area contributed by atoms with Gasteiger partial charge in [0.25, 0.3) is 0 Å². The second kappa shape index (κ2) is 6.80. The molecule has 0 aromatic heterocycles. The summed E-state index contributed by atoms with van der Waals surface area (Å²) in [7, 11) is 0. The van der Waals surface area contributed by atoms with Crippen molar-refractivity contribution in [2.24, 2.45) is 5.92 Å². The molecule has 1 aliphatic heterocycles. The van der Waals surface area contributed by atoms with Crippen LogP contribution in [0.1, 0.15) is 32.3 Å². The standard InChI is InChI=1S/C16H26N2O/c1-3-19-16-7-6-14(11-15(16)17)8-10-18-9-4-5-13(2)12-18/h6-7,11,13H,3-5,8-10,12,17H2,1-2H3. The van der Waals surface area contributed by atoms with Crippen LogP contribution in [0.5, 0.6) is 5.75 Å². The van der Waals surface area contributed by atoms with Crippen molar-refractivity contribution < 1.29 is 4.74 Å². The van der Waals surface area contributed by atoms with Gasteiger partial charge < -0.3 is 15.4 Å². The monoisotopic (exact) mass is 262 g/mol. The molecule has 0 bridgehead atoms. The van der Waals surface area contributed by atoms with E-state index in [1.165, 1.54) is 31.5 Å². The topological polar surface area (TPSA) is 38.5 Å². The van der Waals surface area contributed by atoms with Crippen LogP contribution in [0.3, 0.4) is 0 Å².